The zero-order valence-corrected chi connectivity index (χ0v) is 17.3. The number of piperidine rings is 1. The van der Waals surface area contributed by atoms with Gasteiger partial charge in [-0.15, -0.1) is 0 Å². The van der Waals surface area contributed by atoms with Crippen molar-refractivity contribution in [3.63, 3.8) is 0 Å². The van der Waals surface area contributed by atoms with Gasteiger partial charge in [0, 0.05) is 29.9 Å². The van der Waals surface area contributed by atoms with E-state index in [1.807, 2.05) is 36.4 Å². The minimum atomic E-state index is -0.0339. The first-order valence-electron chi connectivity index (χ1n) is 10.5. The lowest BCUT2D eigenvalue weighted by Gasteiger charge is -2.26. The van der Waals surface area contributed by atoms with Crippen molar-refractivity contribution in [3.8, 4) is 23.0 Å². The monoisotopic (exact) mass is 420 g/mol. The van der Waals surface area contributed by atoms with E-state index in [0.717, 1.165) is 34.6 Å². The summed E-state index contributed by atoms with van der Waals surface area (Å²) in [6, 6.07) is 11.7. The number of hydrogen-bond acceptors (Lipinski definition) is 6. The molecular formula is C24H24N2O5. The quantitative estimate of drug-likeness (QED) is 0.802. The van der Waals surface area contributed by atoms with Crippen molar-refractivity contribution in [1.29, 1.82) is 0 Å². The Morgan fingerprint density at radius 2 is 2.06 bits per heavy atom. The van der Waals surface area contributed by atoms with Crippen LogP contribution in [0, 0.1) is 0 Å². The van der Waals surface area contributed by atoms with Crippen LogP contribution in [-0.4, -0.2) is 38.6 Å². The highest BCUT2D eigenvalue weighted by atomic mass is 16.5. The molecular weight excluding hydrogens is 396 g/mol. The smallest absolute Gasteiger partial charge is 0.226 e. The molecule has 7 heteroatoms. The third kappa shape index (κ3) is 3.83. The fourth-order valence-corrected chi connectivity index (χ4v) is 4.16. The number of amides is 1. The molecule has 31 heavy (non-hydrogen) atoms. The third-order valence-corrected chi connectivity index (χ3v) is 5.68. The fraction of sp³-hybridized carbons (Fsp3) is 0.333. The molecule has 0 saturated carbocycles. The molecule has 5 rings (SSSR count). The van der Waals surface area contributed by atoms with Gasteiger partial charge in [0.1, 0.15) is 12.4 Å². The highest BCUT2D eigenvalue weighted by Crippen LogP contribution is 2.39. The van der Waals surface area contributed by atoms with Crippen LogP contribution in [0.3, 0.4) is 0 Å². The number of nitrogens with one attached hydrogen (secondary N) is 1. The molecule has 1 amide bonds. The Balaban J connectivity index is 1.37. The number of amidine groups is 1. The summed E-state index contributed by atoms with van der Waals surface area (Å²) >= 11 is 0. The van der Waals surface area contributed by atoms with Gasteiger partial charge in [-0.1, -0.05) is 24.3 Å². The third-order valence-electron chi connectivity index (χ3n) is 5.68. The van der Waals surface area contributed by atoms with Crippen LogP contribution in [0.15, 0.2) is 53.0 Å². The SMILES string of the molecule is COc1cc(C2CC(=O)NC3=NCC=C32)ccc1OCc1cccc2c1OCCCO2. The molecule has 3 aliphatic heterocycles. The molecule has 1 N–H and O–H groups in total. The van der Waals surface area contributed by atoms with Gasteiger partial charge in [0.15, 0.2) is 23.0 Å². The number of aliphatic imine (C=N–C) groups is 1. The van der Waals surface area contributed by atoms with Crippen LogP contribution in [0.4, 0.5) is 0 Å². The summed E-state index contributed by atoms with van der Waals surface area (Å²) in [4.78, 5) is 16.5. The zero-order chi connectivity index (χ0) is 21.2. The first-order valence-corrected chi connectivity index (χ1v) is 10.5. The Kier molecular flexibility index (Phi) is 5.24. The first-order chi connectivity index (χ1) is 15.2. The maximum absolute atomic E-state index is 12.1. The maximum atomic E-state index is 12.1. The molecule has 0 radical (unpaired) electrons. The van der Waals surface area contributed by atoms with Gasteiger partial charge in [0.05, 0.1) is 26.9 Å². The Morgan fingerprint density at radius 3 is 2.97 bits per heavy atom. The number of para-hydroxylation sites is 1. The van der Waals surface area contributed by atoms with Gasteiger partial charge in [0.25, 0.3) is 0 Å². The van der Waals surface area contributed by atoms with E-state index in [1.165, 1.54) is 0 Å². The van der Waals surface area contributed by atoms with Crippen LogP contribution in [0.2, 0.25) is 0 Å². The lowest BCUT2D eigenvalue weighted by molar-refractivity contribution is -0.120. The van der Waals surface area contributed by atoms with Gasteiger partial charge < -0.3 is 24.3 Å². The molecule has 1 unspecified atom stereocenters. The lowest BCUT2D eigenvalue weighted by atomic mass is 9.85. The maximum Gasteiger partial charge on any atom is 0.226 e. The van der Waals surface area contributed by atoms with E-state index in [2.05, 4.69) is 16.4 Å². The van der Waals surface area contributed by atoms with E-state index < -0.39 is 0 Å². The van der Waals surface area contributed by atoms with Crippen LogP contribution in [0.25, 0.3) is 0 Å². The molecule has 0 bridgehead atoms. The molecule has 1 saturated heterocycles. The number of nitrogens with zero attached hydrogens (tertiary/aromatic N) is 1. The van der Waals surface area contributed by atoms with Crippen molar-refractivity contribution in [3.05, 3.63) is 59.2 Å². The largest absolute Gasteiger partial charge is 0.493 e. The van der Waals surface area contributed by atoms with Crippen molar-refractivity contribution in [2.75, 3.05) is 26.9 Å². The molecule has 1 atom stereocenters. The topological polar surface area (TPSA) is 78.4 Å². The average molecular weight is 420 g/mol. The number of rotatable bonds is 5. The van der Waals surface area contributed by atoms with E-state index >= 15 is 0 Å². The predicted molar refractivity (Wildman–Crippen MR) is 115 cm³/mol. The van der Waals surface area contributed by atoms with Gasteiger partial charge in [0.2, 0.25) is 5.91 Å². The van der Waals surface area contributed by atoms with E-state index in [0.29, 0.717) is 50.1 Å². The molecule has 0 aliphatic carbocycles. The number of carbonyl (C=O) groups is 1. The summed E-state index contributed by atoms with van der Waals surface area (Å²) in [7, 11) is 1.62. The normalized spacial score (nSPS) is 19.5. The number of methoxy groups -OCH3 is 1. The fourth-order valence-electron chi connectivity index (χ4n) is 4.16. The lowest BCUT2D eigenvalue weighted by Crippen LogP contribution is -2.38. The van der Waals surface area contributed by atoms with Crippen molar-refractivity contribution in [2.45, 2.75) is 25.4 Å². The Labute approximate surface area is 180 Å². The van der Waals surface area contributed by atoms with Crippen molar-refractivity contribution < 1.29 is 23.7 Å². The van der Waals surface area contributed by atoms with E-state index in [1.54, 1.807) is 7.11 Å². The van der Waals surface area contributed by atoms with Crippen LogP contribution < -0.4 is 24.3 Å². The minimum Gasteiger partial charge on any atom is -0.493 e. The van der Waals surface area contributed by atoms with E-state index in [-0.39, 0.29) is 11.8 Å². The molecule has 7 nitrogen and oxygen atoms in total. The van der Waals surface area contributed by atoms with Gasteiger partial charge >= 0.3 is 0 Å². The number of hydrogen-bond donors (Lipinski definition) is 1. The van der Waals surface area contributed by atoms with Gasteiger partial charge in [-0.2, -0.15) is 0 Å². The summed E-state index contributed by atoms with van der Waals surface area (Å²) in [6.07, 6.45) is 3.31. The molecule has 3 aliphatic rings. The predicted octanol–water partition coefficient (Wildman–Crippen LogP) is 3.38. The average Bonchev–Trinajstić information content (AvgIpc) is 3.12. The molecule has 2 aromatic carbocycles. The van der Waals surface area contributed by atoms with Crippen LogP contribution in [-0.2, 0) is 11.4 Å². The molecule has 160 valence electrons. The Bertz CT molecular complexity index is 1080. The first kappa shape index (κ1) is 19.5. The van der Waals surface area contributed by atoms with Crippen molar-refractivity contribution >= 4 is 11.7 Å². The summed E-state index contributed by atoms with van der Waals surface area (Å²) in [5.74, 6) is 3.38. The second-order valence-electron chi connectivity index (χ2n) is 7.65. The molecule has 0 spiro atoms. The highest BCUT2D eigenvalue weighted by molar-refractivity contribution is 6.12. The molecule has 1 fully saturated rings. The van der Waals surface area contributed by atoms with Crippen molar-refractivity contribution in [1.82, 2.24) is 5.32 Å². The summed E-state index contributed by atoms with van der Waals surface area (Å²) < 4.78 is 23.3. The number of benzene rings is 2. The Morgan fingerprint density at radius 1 is 1.16 bits per heavy atom. The van der Waals surface area contributed by atoms with E-state index in [9.17, 15) is 4.79 Å². The van der Waals surface area contributed by atoms with Crippen LogP contribution in [0.5, 0.6) is 23.0 Å². The molecule has 0 aromatic heterocycles. The second-order valence-corrected chi connectivity index (χ2v) is 7.65. The summed E-state index contributed by atoms with van der Waals surface area (Å²) in [5.41, 5.74) is 3.00. The van der Waals surface area contributed by atoms with Crippen LogP contribution in [0.1, 0.15) is 29.9 Å². The van der Waals surface area contributed by atoms with E-state index in [4.69, 9.17) is 18.9 Å². The summed E-state index contributed by atoms with van der Waals surface area (Å²) in [6.45, 7) is 2.20. The van der Waals surface area contributed by atoms with Gasteiger partial charge in [-0.3, -0.25) is 9.79 Å². The Hall–Kier alpha value is -3.48. The second kappa shape index (κ2) is 8.34. The molecule has 2 aromatic rings. The highest BCUT2D eigenvalue weighted by Gasteiger charge is 2.32. The number of ether oxygens (including phenoxy) is 4. The van der Waals surface area contributed by atoms with Gasteiger partial charge in [-0.05, 0) is 23.8 Å². The summed E-state index contributed by atoms with van der Waals surface area (Å²) in [5, 5.41) is 2.85. The standard InChI is InChI=1S/C24H24N2O5/c1-28-21-12-15(18-13-22(27)26-24-17(18)8-9-25-24)6-7-19(21)31-14-16-4-2-5-20-23(16)30-11-3-10-29-20/h2,4-8,12,18H,3,9-11,13-14H2,1H3,(H,25,26,27). The van der Waals surface area contributed by atoms with Crippen molar-refractivity contribution in [2.24, 2.45) is 4.99 Å². The minimum absolute atomic E-state index is 0.0194. The number of carbonyl (C=O) groups excluding carboxylic acids is 1. The number of fused-ring (bicyclic) bond motifs is 2. The molecule has 3 heterocycles. The van der Waals surface area contributed by atoms with Gasteiger partial charge in [-0.25, -0.2) is 0 Å². The van der Waals surface area contributed by atoms with Crippen LogP contribution >= 0.6 is 0 Å². The zero-order valence-electron chi connectivity index (χ0n) is 17.3.